The van der Waals surface area contributed by atoms with Gasteiger partial charge in [-0.3, -0.25) is 0 Å². The SMILES string of the molecule is Cn1ccnc1[C@@H](NC[C@H](O)c1ccccc1)c1ccc(F)cc1. The third-order valence-electron chi connectivity index (χ3n) is 4.02. The van der Waals surface area contributed by atoms with Crippen LogP contribution in [0.1, 0.15) is 29.1 Å². The number of nitrogens with one attached hydrogen (secondary N) is 1. The van der Waals surface area contributed by atoms with Crippen LogP contribution < -0.4 is 5.32 Å². The highest BCUT2D eigenvalue weighted by Crippen LogP contribution is 2.22. The van der Waals surface area contributed by atoms with Crippen LogP contribution >= 0.6 is 0 Å². The van der Waals surface area contributed by atoms with E-state index < -0.39 is 6.10 Å². The van der Waals surface area contributed by atoms with E-state index in [9.17, 15) is 9.50 Å². The highest BCUT2D eigenvalue weighted by atomic mass is 19.1. The zero-order valence-electron chi connectivity index (χ0n) is 13.4. The van der Waals surface area contributed by atoms with Crippen LogP contribution in [0.2, 0.25) is 0 Å². The number of imidazole rings is 1. The van der Waals surface area contributed by atoms with E-state index in [0.717, 1.165) is 17.0 Å². The average molecular weight is 325 g/mol. The van der Waals surface area contributed by atoms with Gasteiger partial charge < -0.3 is 15.0 Å². The molecular weight excluding hydrogens is 305 g/mol. The summed E-state index contributed by atoms with van der Waals surface area (Å²) in [6.45, 7) is 0.360. The number of benzene rings is 2. The van der Waals surface area contributed by atoms with Gasteiger partial charge in [0.25, 0.3) is 0 Å². The minimum absolute atomic E-state index is 0.232. The molecule has 2 atom stereocenters. The van der Waals surface area contributed by atoms with Crippen LogP contribution in [0.3, 0.4) is 0 Å². The zero-order chi connectivity index (χ0) is 16.9. The standard InChI is InChI=1S/C19H20FN3O/c1-23-12-11-21-19(23)18(15-7-9-16(20)10-8-15)22-13-17(24)14-5-3-2-4-6-14/h2-12,17-18,22,24H,13H2,1H3/t17-,18-/m0/s1. The average Bonchev–Trinajstić information content (AvgIpc) is 3.03. The lowest BCUT2D eigenvalue weighted by Crippen LogP contribution is -2.29. The van der Waals surface area contributed by atoms with Crippen molar-refractivity contribution >= 4 is 0 Å². The summed E-state index contributed by atoms with van der Waals surface area (Å²) in [6, 6.07) is 15.6. The lowest BCUT2D eigenvalue weighted by Gasteiger charge is -2.21. The van der Waals surface area contributed by atoms with Crippen LogP contribution in [-0.4, -0.2) is 21.2 Å². The molecule has 0 unspecified atom stereocenters. The van der Waals surface area contributed by atoms with E-state index >= 15 is 0 Å². The molecule has 4 nitrogen and oxygen atoms in total. The van der Waals surface area contributed by atoms with Gasteiger partial charge in [-0.05, 0) is 23.3 Å². The smallest absolute Gasteiger partial charge is 0.130 e. The van der Waals surface area contributed by atoms with Crippen LogP contribution in [0, 0.1) is 5.82 Å². The van der Waals surface area contributed by atoms with Crippen molar-refractivity contribution in [2.45, 2.75) is 12.1 Å². The molecule has 0 aliphatic heterocycles. The summed E-state index contributed by atoms with van der Waals surface area (Å²) < 4.78 is 15.1. The Morgan fingerprint density at radius 3 is 2.42 bits per heavy atom. The number of hydrogen-bond acceptors (Lipinski definition) is 3. The molecule has 1 aromatic heterocycles. The lowest BCUT2D eigenvalue weighted by atomic mass is 10.0. The summed E-state index contributed by atoms with van der Waals surface area (Å²) in [6.07, 6.45) is 2.96. The van der Waals surface area contributed by atoms with Crippen molar-refractivity contribution in [1.29, 1.82) is 0 Å². The Bertz CT molecular complexity index is 771. The van der Waals surface area contributed by atoms with E-state index in [1.165, 1.54) is 12.1 Å². The van der Waals surface area contributed by atoms with Gasteiger partial charge in [0.05, 0.1) is 12.1 Å². The van der Waals surface area contributed by atoms with E-state index in [1.807, 2.05) is 48.1 Å². The van der Waals surface area contributed by atoms with Crippen LogP contribution in [0.15, 0.2) is 67.0 Å². The molecule has 0 fully saturated rings. The maximum Gasteiger partial charge on any atom is 0.130 e. The van der Waals surface area contributed by atoms with Crippen molar-refractivity contribution in [3.8, 4) is 0 Å². The maximum absolute atomic E-state index is 13.2. The van der Waals surface area contributed by atoms with Gasteiger partial charge in [-0.2, -0.15) is 0 Å². The normalized spacial score (nSPS) is 13.6. The Labute approximate surface area is 140 Å². The van der Waals surface area contributed by atoms with Crippen molar-refractivity contribution in [3.63, 3.8) is 0 Å². The first-order valence-corrected chi connectivity index (χ1v) is 7.84. The molecular formula is C19H20FN3O. The molecule has 3 aromatic rings. The van der Waals surface area contributed by atoms with E-state index in [2.05, 4.69) is 10.3 Å². The van der Waals surface area contributed by atoms with Crippen LogP contribution in [0.25, 0.3) is 0 Å². The Balaban J connectivity index is 1.80. The summed E-state index contributed by atoms with van der Waals surface area (Å²) in [5, 5.41) is 13.7. The second-order valence-electron chi connectivity index (χ2n) is 5.72. The molecule has 0 amide bonds. The second kappa shape index (κ2) is 7.38. The Morgan fingerprint density at radius 1 is 1.08 bits per heavy atom. The first kappa shape index (κ1) is 16.4. The lowest BCUT2D eigenvalue weighted by molar-refractivity contribution is 0.171. The van der Waals surface area contributed by atoms with Gasteiger partial charge in [-0.1, -0.05) is 42.5 Å². The van der Waals surface area contributed by atoms with Gasteiger partial charge in [0.1, 0.15) is 11.6 Å². The zero-order valence-corrected chi connectivity index (χ0v) is 13.4. The molecule has 0 spiro atoms. The van der Waals surface area contributed by atoms with E-state index in [-0.39, 0.29) is 11.9 Å². The molecule has 1 heterocycles. The predicted molar refractivity (Wildman–Crippen MR) is 90.9 cm³/mol. The number of halogens is 1. The number of rotatable bonds is 6. The summed E-state index contributed by atoms with van der Waals surface area (Å²) in [4.78, 5) is 4.39. The topological polar surface area (TPSA) is 50.1 Å². The molecule has 0 saturated heterocycles. The van der Waals surface area contributed by atoms with Crippen molar-refractivity contribution in [2.24, 2.45) is 7.05 Å². The first-order valence-electron chi connectivity index (χ1n) is 7.84. The number of aliphatic hydroxyl groups excluding tert-OH is 1. The Hall–Kier alpha value is -2.50. The Morgan fingerprint density at radius 2 is 1.79 bits per heavy atom. The molecule has 3 rings (SSSR count). The van der Waals surface area contributed by atoms with Crippen molar-refractivity contribution in [3.05, 3.63) is 89.8 Å². The molecule has 0 bridgehead atoms. The number of nitrogens with zero attached hydrogens (tertiary/aromatic N) is 2. The van der Waals surface area contributed by atoms with Crippen molar-refractivity contribution < 1.29 is 9.50 Å². The van der Waals surface area contributed by atoms with Crippen LogP contribution in [0.4, 0.5) is 4.39 Å². The minimum Gasteiger partial charge on any atom is -0.387 e. The highest BCUT2D eigenvalue weighted by Gasteiger charge is 2.19. The highest BCUT2D eigenvalue weighted by molar-refractivity contribution is 5.26. The first-order chi connectivity index (χ1) is 11.6. The van der Waals surface area contributed by atoms with Gasteiger partial charge in [0.2, 0.25) is 0 Å². The van der Waals surface area contributed by atoms with E-state index in [1.54, 1.807) is 18.3 Å². The third-order valence-corrected chi connectivity index (χ3v) is 4.02. The summed E-state index contributed by atoms with van der Waals surface area (Å²) in [7, 11) is 1.91. The van der Waals surface area contributed by atoms with E-state index in [4.69, 9.17) is 0 Å². The van der Waals surface area contributed by atoms with Crippen LogP contribution in [-0.2, 0) is 7.05 Å². The molecule has 0 aliphatic carbocycles. The Kier molecular flexibility index (Phi) is 5.03. The van der Waals surface area contributed by atoms with Crippen LogP contribution in [0.5, 0.6) is 0 Å². The van der Waals surface area contributed by atoms with Gasteiger partial charge >= 0.3 is 0 Å². The van der Waals surface area contributed by atoms with Gasteiger partial charge in [0.15, 0.2) is 0 Å². The molecule has 124 valence electrons. The second-order valence-corrected chi connectivity index (χ2v) is 5.72. The van der Waals surface area contributed by atoms with Crippen molar-refractivity contribution in [2.75, 3.05) is 6.54 Å². The summed E-state index contributed by atoms with van der Waals surface area (Å²) in [5.41, 5.74) is 1.74. The summed E-state index contributed by atoms with van der Waals surface area (Å²) >= 11 is 0. The molecule has 2 N–H and O–H groups in total. The maximum atomic E-state index is 13.2. The monoisotopic (exact) mass is 325 g/mol. The third kappa shape index (κ3) is 3.69. The largest absolute Gasteiger partial charge is 0.387 e. The quantitative estimate of drug-likeness (QED) is 0.732. The van der Waals surface area contributed by atoms with Gasteiger partial charge in [-0.15, -0.1) is 0 Å². The number of hydrogen-bond donors (Lipinski definition) is 2. The fraction of sp³-hybridized carbons (Fsp3) is 0.211. The predicted octanol–water partition coefficient (Wildman–Crippen LogP) is 2.97. The molecule has 0 radical (unpaired) electrons. The van der Waals surface area contributed by atoms with Gasteiger partial charge in [0, 0.05) is 26.0 Å². The molecule has 2 aromatic carbocycles. The van der Waals surface area contributed by atoms with E-state index in [0.29, 0.717) is 6.54 Å². The van der Waals surface area contributed by atoms with Crippen molar-refractivity contribution in [1.82, 2.24) is 14.9 Å². The molecule has 0 saturated carbocycles. The minimum atomic E-state index is -0.630. The molecule has 24 heavy (non-hydrogen) atoms. The fourth-order valence-electron chi connectivity index (χ4n) is 2.69. The summed E-state index contributed by atoms with van der Waals surface area (Å²) in [5.74, 6) is 0.531. The fourth-order valence-corrected chi connectivity index (χ4v) is 2.69. The number of aliphatic hydroxyl groups is 1. The molecule has 0 aliphatic rings. The number of aromatic nitrogens is 2. The van der Waals surface area contributed by atoms with Gasteiger partial charge in [-0.25, -0.2) is 9.37 Å². The molecule has 5 heteroatoms. The number of aryl methyl sites for hydroxylation is 1.